The maximum absolute atomic E-state index is 12.4. The van der Waals surface area contributed by atoms with Gasteiger partial charge in [-0.3, -0.25) is 14.9 Å². The zero-order valence-electron chi connectivity index (χ0n) is 78.1. The van der Waals surface area contributed by atoms with Crippen LogP contribution in [0.25, 0.3) is 136 Å². The Bertz CT molecular complexity index is 6880. The summed E-state index contributed by atoms with van der Waals surface area (Å²) in [5.74, 6) is 9.13. The Balaban J connectivity index is 0.000000140. The summed E-state index contributed by atoms with van der Waals surface area (Å²) in [5, 5.41) is 32.6. The third-order valence-corrected chi connectivity index (χ3v) is 20.5. The molecule has 9 aromatic carbocycles. The van der Waals surface area contributed by atoms with E-state index < -0.39 is 12.7 Å². The summed E-state index contributed by atoms with van der Waals surface area (Å²) in [4.78, 5) is 36.6. The zero-order chi connectivity index (χ0) is 98.5. The molecule has 1 fully saturated rings. The van der Waals surface area contributed by atoms with Gasteiger partial charge in [0.05, 0.1) is 78.4 Å². The first-order chi connectivity index (χ1) is 68.1. The molecule has 0 spiro atoms. The molecule has 0 amide bonds. The number of halogens is 6. The molecule has 0 atom stereocenters. The quantitative estimate of drug-likeness (QED) is 0.0348. The minimum absolute atomic E-state index is 0.134. The number of fused-ring (bicyclic) bond motifs is 2. The van der Waals surface area contributed by atoms with E-state index in [4.69, 9.17) is 75.0 Å². The number of nitrogens with zero attached hydrogens (tertiary/aromatic N) is 13. The standard InChI is InChI=1S/C25H28N4O3.C21H19N3O3.2C19H17F3N2O4.C18H19N3O4/c1-3-30-21-11-10-17(14-22(21)31-4-2)25-27-24(28-32-25)19-8-7-9-20-23(19)18(15-26-20)16-29-12-5-6-13-29;1-3-25-18-10-9-15(12-19(18)26-4-2)21-23-20(24-27-21)17-11-14-7-5-6-8-16(14)13-22-17;1-3-25-15-10-7-13(11-16(15)26-4-2)18-23-17(24-28-18)12-5-8-14(9-6-12)27-19(20,21)22;1-3-25-15-9-8-13(11-16(15)26-4-2)18-23-17(24-28-18)12-6-5-7-14(10-12)27-19(20,21)22;1-3-23-15-6-5-13(10-16(15)24-4-2)18-20-17(21-25-18)12-7-8-19-14(9-12)11-22/h7-11,14-15,26H,3-6,12-13,16H2,1-2H3;5-13H,3-4H2,1-2H3;2*5-11H,3-4H2,1-2H3;5-10,22H,3-4,11H2,1-2H3. The van der Waals surface area contributed by atoms with Gasteiger partial charge in [-0.1, -0.05) is 74.3 Å². The van der Waals surface area contributed by atoms with Crippen molar-refractivity contribution >= 4 is 21.7 Å². The van der Waals surface area contributed by atoms with E-state index in [-0.39, 0.29) is 41.5 Å². The SMILES string of the molecule is CCOc1ccc(-c2nc(-c3cc4ccccc4cn3)no2)cc1OCC.CCOc1ccc(-c2nc(-c3ccc(OC(F)(F)F)cc3)no2)cc1OCC.CCOc1ccc(-c2nc(-c3cccc(OC(F)(F)F)c3)no2)cc1OCC.CCOc1ccc(-c2nc(-c3cccc4[nH]cc(CN5CCCC5)c34)no2)cc1OCC.CCOc1ccc(-c2nc(-c3ccnc(CO)c3)no2)cc1OCC. The third-order valence-electron chi connectivity index (χ3n) is 20.5. The first-order valence-electron chi connectivity index (χ1n) is 45.2. The summed E-state index contributed by atoms with van der Waals surface area (Å²) in [6.45, 7) is 27.4. The first-order valence-corrected chi connectivity index (χ1v) is 45.2. The van der Waals surface area contributed by atoms with E-state index in [0.29, 0.717) is 192 Å². The Hall–Kier alpha value is -16.1. The number of hydrogen-bond acceptors (Lipinski definition) is 31. The van der Waals surface area contributed by atoms with E-state index in [1.807, 2.05) is 166 Å². The smallest absolute Gasteiger partial charge is 0.490 e. The molecule has 728 valence electrons. The fraction of sp³-hybridized carbons (Fsp3) is 0.275. The van der Waals surface area contributed by atoms with Gasteiger partial charge in [-0.2, -0.15) is 24.9 Å². The number of ether oxygens (including phenoxy) is 12. The second-order valence-corrected chi connectivity index (χ2v) is 30.0. The number of aliphatic hydroxyl groups excluding tert-OH is 1. The summed E-state index contributed by atoms with van der Waals surface area (Å²) in [7, 11) is 0. The number of pyridine rings is 2. The molecule has 1 saturated heterocycles. The molecule has 0 unspecified atom stereocenters. The van der Waals surface area contributed by atoms with Gasteiger partial charge < -0.3 is 89.5 Å². The van der Waals surface area contributed by atoms with Gasteiger partial charge in [-0.15, -0.1) is 26.3 Å². The number of rotatable bonds is 35. The topological polar surface area (TPSA) is 370 Å². The Morgan fingerprint density at radius 2 is 0.714 bits per heavy atom. The third kappa shape index (κ3) is 26.4. The van der Waals surface area contributed by atoms with E-state index in [1.165, 1.54) is 60.9 Å². The molecular formula is C102H100F6N14O18. The van der Waals surface area contributed by atoms with Gasteiger partial charge in [0, 0.05) is 91.5 Å². The number of hydrogen-bond donors (Lipinski definition) is 2. The number of nitrogens with one attached hydrogen (secondary N) is 1. The fourth-order valence-corrected chi connectivity index (χ4v) is 14.5. The van der Waals surface area contributed by atoms with Crippen LogP contribution in [0.4, 0.5) is 26.3 Å². The van der Waals surface area contributed by atoms with Crippen LogP contribution in [0.1, 0.15) is 93.3 Å². The maximum Gasteiger partial charge on any atom is 0.573 e. The molecule has 0 saturated carbocycles. The van der Waals surface area contributed by atoms with Crippen molar-refractivity contribution in [3.05, 3.63) is 230 Å². The molecule has 9 heterocycles. The molecule has 1 aliphatic rings. The lowest BCUT2D eigenvalue weighted by molar-refractivity contribution is -0.275. The molecular weight excluding hydrogens is 1820 g/mol. The van der Waals surface area contributed by atoms with Crippen molar-refractivity contribution < 1.29 is 111 Å². The van der Waals surface area contributed by atoms with Crippen LogP contribution < -0.4 is 56.8 Å². The highest BCUT2D eigenvalue weighted by Crippen LogP contribution is 2.42. The van der Waals surface area contributed by atoms with Crippen molar-refractivity contribution in [2.24, 2.45) is 0 Å². The van der Waals surface area contributed by atoms with E-state index in [9.17, 15) is 31.4 Å². The molecule has 0 bridgehead atoms. The van der Waals surface area contributed by atoms with Crippen LogP contribution in [0.5, 0.6) is 69.0 Å². The van der Waals surface area contributed by atoms with Crippen molar-refractivity contribution in [3.63, 3.8) is 0 Å². The highest BCUT2D eigenvalue weighted by Gasteiger charge is 2.33. The lowest BCUT2D eigenvalue weighted by Crippen LogP contribution is -2.18. The highest BCUT2D eigenvalue weighted by molar-refractivity contribution is 5.96. The number of likely N-dealkylation sites (tertiary alicyclic amines) is 1. The van der Waals surface area contributed by atoms with E-state index >= 15 is 0 Å². The Labute approximate surface area is 799 Å². The van der Waals surface area contributed by atoms with Crippen molar-refractivity contribution in [1.82, 2.24) is 70.6 Å². The number of H-pyrrole nitrogens is 1. The summed E-state index contributed by atoms with van der Waals surface area (Å²) in [5.41, 5.74) is 9.60. The number of aromatic amines is 1. The normalized spacial score (nSPS) is 11.8. The lowest BCUT2D eigenvalue weighted by Gasteiger charge is -2.14. The molecule has 0 aliphatic carbocycles. The van der Waals surface area contributed by atoms with Crippen LogP contribution >= 0.6 is 0 Å². The van der Waals surface area contributed by atoms with Crippen molar-refractivity contribution in [3.8, 4) is 183 Å². The summed E-state index contributed by atoms with van der Waals surface area (Å²) in [6.07, 6.45) is -1.46. The summed E-state index contributed by atoms with van der Waals surface area (Å²) >= 11 is 0. The van der Waals surface area contributed by atoms with Crippen molar-refractivity contribution in [1.29, 1.82) is 0 Å². The molecule has 18 rings (SSSR count). The minimum Gasteiger partial charge on any atom is -0.490 e. The van der Waals surface area contributed by atoms with Crippen molar-refractivity contribution in [2.75, 3.05) is 79.2 Å². The fourth-order valence-electron chi connectivity index (χ4n) is 14.5. The van der Waals surface area contributed by atoms with Crippen LogP contribution in [0.15, 0.2) is 241 Å². The molecule has 0 radical (unpaired) electrons. The average molecular weight is 1920 g/mol. The number of aromatic nitrogens is 13. The number of alkyl halides is 6. The van der Waals surface area contributed by atoms with Crippen LogP contribution in [0.2, 0.25) is 0 Å². The van der Waals surface area contributed by atoms with Gasteiger partial charge in [0.2, 0.25) is 29.1 Å². The molecule has 32 nitrogen and oxygen atoms in total. The van der Waals surface area contributed by atoms with Crippen LogP contribution in [-0.4, -0.2) is 168 Å². The molecule has 1 aliphatic heterocycles. The predicted molar refractivity (Wildman–Crippen MR) is 506 cm³/mol. The second kappa shape index (κ2) is 48.1. The summed E-state index contributed by atoms with van der Waals surface area (Å²) < 4.78 is 165. The van der Waals surface area contributed by atoms with Gasteiger partial charge in [0.1, 0.15) is 17.2 Å². The monoisotopic (exact) mass is 1920 g/mol. The van der Waals surface area contributed by atoms with Gasteiger partial charge in [-0.05, 0) is 258 Å². The Morgan fingerprint density at radius 3 is 1.14 bits per heavy atom. The molecule has 140 heavy (non-hydrogen) atoms. The van der Waals surface area contributed by atoms with Crippen LogP contribution in [0, 0.1) is 0 Å². The van der Waals surface area contributed by atoms with Gasteiger partial charge in [-0.25, -0.2) is 0 Å². The maximum atomic E-state index is 12.4. The largest absolute Gasteiger partial charge is 0.573 e. The molecule has 17 aromatic rings. The highest BCUT2D eigenvalue weighted by atomic mass is 19.4. The van der Waals surface area contributed by atoms with Crippen molar-refractivity contribution in [2.45, 2.75) is 108 Å². The average Bonchev–Trinajstić information content (AvgIpc) is 1.63. The first kappa shape index (κ1) is 99.8. The van der Waals surface area contributed by atoms with E-state index in [1.54, 1.807) is 60.8 Å². The Kier molecular flexibility index (Phi) is 34.3. The predicted octanol–water partition coefficient (Wildman–Crippen LogP) is 23.3. The van der Waals surface area contributed by atoms with Crippen LogP contribution in [-0.2, 0) is 13.2 Å². The van der Waals surface area contributed by atoms with E-state index in [2.05, 4.69) is 93.4 Å². The van der Waals surface area contributed by atoms with Gasteiger partial charge >= 0.3 is 12.7 Å². The van der Waals surface area contributed by atoms with Crippen LogP contribution in [0.3, 0.4) is 0 Å². The summed E-state index contributed by atoms with van der Waals surface area (Å²) in [6, 6.07) is 57.3. The second-order valence-electron chi connectivity index (χ2n) is 30.0. The number of aliphatic hydroxyl groups is 1. The zero-order valence-corrected chi connectivity index (χ0v) is 78.1. The molecule has 2 N–H and O–H groups in total. The van der Waals surface area contributed by atoms with Gasteiger partial charge in [0.15, 0.2) is 57.5 Å². The molecule has 8 aromatic heterocycles. The molecule has 38 heteroatoms. The van der Waals surface area contributed by atoms with Gasteiger partial charge in [0.25, 0.3) is 29.5 Å². The Morgan fingerprint density at radius 1 is 0.343 bits per heavy atom. The minimum atomic E-state index is -4.78. The van der Waals surface area contributed by atoms with E-state index in [0.717, 1.165) is 69.1 Å². The number of benzene rings is 9. The lowest BCUT2D eigenvalue weighted by atomic mass is 10.1.